The van der Waals surface area contributed by atoms with E-state index in [4.69, 9.17) is 4.74 Å². The molecule has 0 N–H and O–H groups in total. The fraction of sp³-hybridized carbons (Fsp3) is 0.167. The molecule has 0 saturated carbocycles. The lowest BCUT2D eigenvalue weighted by atomic mass is 10.2. The molecule has 0 saturated heterocycles. The molecular formula is C18H15N3O. The van der Waals surface area contributed by atoms with Crippen LogP contribution in [0.2, 0.25) is 0 Å². The molecule has 0 bridgehead atoms. The van der Waals surface area contributed by atoms with Crippen LogP contribution in [0, 0.1) is 11.8 Å². The van der Waals surface area contributed by atoms with Crippen molar-refractivity contribution in [2.24, 2.45) is 0 Å². The molecule has 0 aliphatic rings. The van der Waals surface area contributed by atoms with Gasteiger partial charge in [-0.05, 0) is 44.0 Å². The van der Waals surface area contributed by atoms with Gasteiger partial charge < -0.3 is 4.74 Å². The molecule has 0 radical (unpaired) electrons. The average molecular weight is 289 g/mol. The van der Waals surface area contributed by atoms with Crippen molar-refractivity contribution in [3.63, 3.8) is 0 Å². The fourth-order valence-corrected chi connectivity index (χ4v) is 1.92. The number of fused-ring (bicyclic) bond motifs is 1. The number of pyridine rings is 1. The fourth-order valence-electron chi connectivity index (χ4n) is 1.92. The van der Waals surface area contributed by atoms with Gasteiger partial charge in [-0.15, -0.1) is 0 Å². The minimum atomic E-state index is 0.000645. The third-order valence-electron chi connectivity index (χ3n) is 2.85. The van der Waals surface area contributed by atoms with Gasteiger partial charge in [0.05, 0.1) is 6.10 Å². The zero-order valence-corrected chi connectivity index (χ0v) is 12.4. The molecule has 0 atom stereocenters. The molecule has 0 amide bonds. The van der Waals surface area contributed by atoms with E-state index >= 15 is 0 Å². The van der Waals surface area contributed by atoms with E-state index in [2.05, 4.69) is 26.8 Å². The Morgan fingerprint density at radius 2 is 1.77 bits per heavy atom. The Bertz CT molecular complexity index is 848. The van der Waals surface area contributed by atoms with Crippen molar-refractivity contribution < 1.29 is 4.74 Å². The van der Waals surface area contributed by atoms with Crippen molar-refractivity contribution in [3.8, 4) is 17.7 Å². The number of rotatable bonds is 2. The van der Waals surface area contributed by atoms with Crippen molar-refractivity contribution in [1.82, 2.24) is 15.0 Å². The summed E-state index contributed by atoms with van der Waals surface area (Å²) in [5, 5.41) is 0. The Labute approximate surface area is 129 Å². The molecule has 2 heterocycles. The summed E-state index contributed by atoms with van der Waals surface area (Å²) in [6.07, 6.45) is 1.69. The normalized spacial score (nSPS) is 10.3. The number of nitrogens with zero attached hydrogens (tertiary/aromatic N) is 3. The summed E-state index contributed by atoms with van der Waals surface area (Å²) in [5.74, 6) is 6.56. The molecular weight excluding hydrogens is 274 g/mol. The minimum Gasteiger partial charge on any atom is -0.473 e. The molecule has 0 fully saturated rings. The van der Waals surface area contributed by atoms with Crippen molar-refractivity contribution in [2.75, 3.05) is 0 Å². The monoisotopic (exact) mass is 289 g/mol. The van der Waals surface area contributed by atoms with Crippen LogP contribution in [0.4, 0.5) is 0 Å². The van der Waals surface area contributed by atoms with Gasteiger partial charge in [0.25, 0.3) is 0 Å². The zero-order valence-electron chi connectivity index (χ0n) is 12.4. The van der Waals surface area contributed by atoms with Crippen molar-refractivity contribution >= 4 is 11.2 Å². The van der Waals surface area contributed by atoms with Crippen molar-refractivity contribution in [1.29, 1.82) is 0 Å². The van der Waals surface area contributed by atoms with Crippen LogP contribution >= 0.6 is 0 Å². The van der Waals surface area contributed by atoms with Crippen molar-refractivity contribution in [3.05, 3.63) is 59.9 Å². The first kappa shape index (κ1) is 14.0. The Kier molecular flexibility index (Phi) is 3.97. The van der Waals surface area contributed by atoms with Gasteiger partial charge in [0, 0.05) is 11.8 Å². The molecule has 0 aliphatic carbocycles. The summed E-state index contributed by atoms with van der Waals surface area (Å²) < 4.78 is 5.74. The maximum atomic E-state index is 5.74. The van der Waals surface area contributed by atoms with Gasteiger partial charge >= 0.3 is 0 Å². The molecule has 3 rings (SSSR count). The lowest BCUT2D eigenvalue weighted by molar-refractivity contribution is 0.232. The first-order chi connectivity index (χ1) is 10.7. The van der Waals surface area contributed by atoms with E-state index in [0.717, 1.165) is 5.56 Å². The molecule has 22 heavy (non-hydrogen) atoms. The highest BCUT2D eigenvalue weighted by molar-refractivity contribution is 5.71. The van der Waals surface area contributed by atoms with E-state index in [1.54, 1.807) is 6.20 Å². The minimum absolute atomic E-state index is 0.000645. The molecule has 4 nitrogen and oxygen atoms in total. The van der Waals surface area contributed by atoms with Crippen LogP contribution in [-0.4, -0.2) is 21.1 Å². The van der Waals surface area contributed by atoms with Crippen LogP contribution in [-0.2, 0) is 0 Å². The van der Waals surface area contributed by atoms with E-state index < -0.39 is 0 Å². The molecule has 2 aromatic heterocycles. The first-order valence-electron chi connectivity index (χ1n) is 7.09. The highest BCUT2D eigenvalue weighted by Gasteiger charge is 2.10. The van der Waals surface area contributed by atoms with Gasteiger partial charge in [-0.25, -0.2) is 15.0 Å². The molecule has 4 heteroatoms. The smallest absolute Gasteiger partial charge is 0.249 e. The summed E-state index contributed by atoms with van der Waals surface area (Å²) >= 11 is 0. The van der Waals surface area contributed by atoms with Gasteiger partial charge in [0.15, 0.2) is 11.3 Å². The molecule has 0 aliphatic heterocycles. The maximum Gasteiger partial charge on any atom is 0.249 e. The van der Waals surface area contributed by atoms with E-state index in [1.807, 2.05) is 56.3 Å². The predicted octanol–water partition coefficient (Wildman–Crippen LogP) is 3.21. The van der Waals surface area contributed by atoms with Gasteiger partial charge in [-0.2, -0.15) is 0 Å². The SMILES string of the molecule is CC(C)Oc1nc2cccnc2nc1C#Cc1ccccc1. The Morgan fingerprint density at radius 1 is 0.955 bits per heavy atom. The number of hydrogen-bond donors (Lipinski definition) is 0. The standard InChI is InChI=1S/C18H15N3O/c1-13(2)22-18-16(11-10-14-7-4-3-5-8-14)20-17-15(21-18)9-6-12-19-17/h3-9,12-13H,1-2H3. The number of benzene rings is 1. The Morgan fingerprint density at radius 3 is 2.55 bits per heavy atom. The van der Waals surface area contributed by atoms with Crippen LogP contribution in [0.3, 0.4) is 0 Å². The van der Waals surface area contributed by atoms with Crippen LogP contribution in [0.15, 0.2) is 48.7 Å². The topological polar surface area (TPSA) is 47.9 Å². The number of ether oxygens (including phenoxy) is 1. The summed E-state index contributed by atoms with van der Waals surface area (Å²) in [6, 6.07) is 13.4. The lowest BCUT2D eigenvalue weighted by Gasteiger charge is -2.10. The zero-order chi connectivity index (χ0) is 15.4. The summed E-state index contributed by atoms with van der Waals surface area (Å²) in [7, 11) is 0. The van der Waals surface area contributed by atoms with Gasteiger partial charge in [0.2, 0.25) is 5.88 Å². The molecule has 1 aromatic carbocycles. The second-order valence-electron chi connectivity index (χ2n) is 5.01. The summed E-state index contributed by atoms with van der Waals surface area (Å²) in [4.78, 5) is 13.2. The lowest BCUT2D eigenvalue weighted by Crippen LogP contribution is -2.09. The first-order valence-corrected chi connectivity index (χ1v) is 7.09. The summed E-state index contributed by atoms with van der Waals surface area (Å²) in [6.45, 7) is 3.90. The second-order valence-corrected chi connectivity index (χ2v) is 5.01. The highest BCUT2D eigenvalue weighted by atomic mass is 16.5. The van der Waals surface area contributed by atoms with Crippen LogP contribution in [0.1, 0.15) is 25.1 Å². The van der Waals surface area contributed by atoms with Crippen LogP contribution < -0.4 is 4.74 Å². The van der Waals surface area contributed by atoms with E-state index in [1.165, 1.54) is 0 Å². The van der Waals surface area contributed by atoms with Gasteiger partial charge in [-0.3, -0.25) is 0 Å². The largest absolute Gasteiger partial charge is 0.473 e. The highest BCUT2D eigenvalue weighted by Crippen LogP contribution is 2.18. The Balaban J connectivity index is 2.08. The molecule has 3 aromatic rings. The quantitative estimate of drug-likeness (QED) is 0.680. The van der Waals surface area contributed by atoms with Gasteiger partial charge in [-0.1, -0.05) is 24.1 Å². The predicted molar refractivity (Wildman–Crippen MR) is 85.5 cm³/mol. The van der Waals surface area contributed by atoms with Gasteiger partial charge in [0.1, 0.15) is 5.52 Å². The number of hydrogen-bond acceptors (Lipinski definition) is 4. The summed E-state index contributed by atoms with van der Waals surface area (Å²) in [5.41, 5.74) is 2.68. The average Bonchev–Trinajstić information content (AvgIpc) is 2.53. The Hall–Kier alpha value is -2.93. The third-order valence-corrected chi connectivity index (χ3v) is 2.85. The molecule has 0 spiro atoms. The number of aromatic nitrogens is 3. The van der Waals surface area contributed by atoms with Crippen LogP contribution in [0.5, 0.6) is 5.88 Å². The molecule has 0 unspecified atom stereocenters. The second kappa shape index (κ2) is 6.23. The third kappa shape index (κ3) is 3.21. The van der Waals surface area contributed by atoms with Crippen molar-refractivity contribution in [2.45, 2.75) is 20.0 Å². The maximum absolute atomic E-state index is 5.74. The van der Waals surface area contributed by atoms with E-state index in [-0.39, 0.29) is 6.10 Å². The van der Waals surface area contributed by atoms with E-state index in [0.29, 0.717) is 22.7 Å². The van der Waals surface area contributed by atoms with E-state index in [9.17, 15) is 0 Å². The molecule has 108 valence electrons. The van der Waals surface area contributed by atoms with Crippen LogP contribution in [0.25, 0.3) is 11.2 Å².